The van der Waals surface area contributed by atoms with Gasteiger partial charge in [0.15, 0.2) is 0 Å². The molecular formula is C48H62N4O6. The molecule has 0 fully saturated rings. The van der Waals surface area contributed by atoms with Crippen LogP contribution < -0.4 is 10.6 Å². The average Bonchev–Trinajstić information content (AvgIpc) is 3.26. The fourth-order valence-corrected chi connectivity index (χ4v) is 6.55. The molecule has 10 nitrogen and oxygen atoms in total. The molecule has 0 saturated heterocycles. The highest BCUT2D eigenvalue weighted by molar-refractivity contribution is 5.76. The van der Waals surface area contributed by atoms with E-state index in [2.05, 4.69) is 34.9 Å². The van der Waals surface area contributed by atoms with Crippen LogP contribution in [0.15, 0.2) is 121 Å². The Morgan fingerprint density at radius 1 is 0.397 bits per heavy atom. The highest BCUT2D eigenvalue weighted by Crippen LogP contribution is 2.14. The highest BCUT2D eigenvalue weighted by Gasteiger charge is 2.16. The SMILES string of the molecule is O=C(NCCCCCC(=O)N(CCCCCCN(Cc1ccccc1)C(=O)CCCCCNC(=O)OCc1ccccc1)Cc1ccccc1)OCc1ccccc1. The largest absolute Gasteiger partial charge is 0.445 e. The molecule has 0 unspecified atom stereocenters. The molecule has 0 atom stereocenters. The van der Waals surface area contributed by atoms with Crippen LogP contribution in [0.2, 0.25) is 0 Å². The van der Waals surface area contributed by atoms with Crippen LogP contribution in [-0.2, 0) is 45.4 Å². The third-order valence-corrected chi connectivity index (χ3v) is 9.84. The molecule has 0 bridgehead atoms. The summed E-state index contributed by atoms with van der Waals surface area (Å²) in [6.07, 6.45) is 8.58. The number of hydrogen-bond donors (Lipinski definition) is 2. The number of unbranched alkanes of at least 4 members (excludes halogenated alkanes) is 7. The molecule has 0 aliphatic carbocycles. The van der Waals surface area contributed by atoms with Crippen LogP contribution in [0.1, 0.15) is 99.3 Å². The smallest absolute Gasteiger partial charge is 0.407 e. The molecule has 58 heavy (non-hydrogen) atoms. The molecule has 0 heterocycles. The van der Waals surface area contributed by atoms with Crippen LogP contribution in [0, 0.1) is 0 Å². The Hall–Kier alpha value is -5.64. The molecule has 0 saturated carbocycles. The number of rotatable bonds is 27. The minimum atomic E-state index is -0.429. The maximum absolute atomic E-state index is 13.4. The van der Waals surface area contributed by atoms with Crippen molar-refractivity contribution in [3.05, 3.63) is 144 Å². The summed E-state index contributed by atoms with van der Waals surface area (Å²) >= 11 is 0. The van der Waals surface area contributed by atoms with Gasteiger partial charge in [0, 0.05) is 52.1 Å². The van der Waals surface area contributed by atoms with Crippen LogP contribution >= 0.6 is 0 Å². The molecule has 0 aromatic heterocycles. The lowest BCUT2D eigenvalue weighted by Gasteiger charge is -2.24. The zero-order valence-electron chi connectivity index (χ0n) is 34.0. The van der Waals surface area contributed by atoms with Gasteiger partial charge in [0.25, 0.3) is 0 Å². The summed E-state index contributed by atoms with van der Waals surface area (Å²) in [7, 11) is 0. The molecule has 10 heteroatoms. The van der Waals surface area contributed by atoms with E-state index in [9.17, 15) is 19.2 Å². The normalized spacial score (nSPS) is 10.7. The van der Waals surface area contributed by atoms with Crippen molar-refractivity contribution in [1.29, 1.82) is 0 Å². The molecule has 4 rings (SSSR count). The summed E-state index contributed by atoms with van der Waals surface area (Å²) in [5, 5.41) is 5.60. The Morgan fingerprint density at radius 3 is 1.09 bits per heavy atom. The highest BCUT2D eigenvalue weighted by atomic mass is 16.6. The van der Waals surface area contributed by atoms with Crippen molar-refractivity contribution in [3.8, 4) is 0 Å². The Balaban J connectivity index is 1.11. The Kier molecular flexibility index (Phi) is 21.7. The summed E-state index contributed by atoms with van der Waals surface area (Å²) in [5.41, 5.74) is 4.11. The van der Waals surface area contributed by atoms with Gasteiger partial charge >= 0.3 is 12.2 Å². The molecule has 0 spiro atoms. The van der Waals surface area contributed by atoms with Gasteiger partial charge in [-0.1, -0.05) is 147 Å². The summed E-state index contributed by atoms with van der Waals surface area (Å²) in [4.78, 5) is 54.8. The van der Waals surface area contributed by atoms with Crippen LogP contribution in [0.5, 0.6) is 0 Å². The van der Waals surface area contributed by atoms with E-state index in [1.54, 1.807) is 0 Å². The van der Waals surface area contributed by atoms with E-state index in [-0.39, 0.29) is 25.0 Å². The van der Waals surface area contributed by atoms with Gasteiger partial charge in [-0.25, -0.2) is 9.59 Å². The van der Waals surface area contributed by atoms with Crippen molar-refractivity contribution >= 4 is 24.0 Å². The summed E-state index contributed by atoms with van der Waals surface area (Å²) in [6, 6.07) is 39.4. The number of carbonyl (C=O) groups excluding carboxylic acids is 4. The van der Waals surface area contributed by atoms with Crippen LogP contribution in [0.25, 0.3) is 0 Å². The molecule has 4 amide bonds. The van der Waals surface area contributed by atoms with Crippen molar-refractivity contribution in [2.24, 2.45) is 0 Å². The van der Waals surface area contributed by atoms with Gasteiger partial charge in [0.2, 0.25) is 11.8 Å². The second kappa shape index (κ2) is 27.9. The van der Waals surface area contributed by atoms with Crippen LogP contribution in [0.4, 0.5) is 9.59 Å². The fourth-order valence-electron chi connectivity index (χ4n) is 6.55. The first-order valence-electron chi connectivity index (χ1n) is 21.0. The second-order valence-corrected chi connectivity index (χ2v) is 14.6. The van der Waals surface area contributed by atoms with E-state index >= 15 is 0 Å². The van der Waals surface area contributed by atoms with Crippen molar-refractivity contribution < 1.29 is 28.7 Å². The lowest BCUT2D eigenvalue weighted by molar-refractivity contribution is -0.133. The van der Waals surface area contributed by atoms with Gasteiger partial charge in [-0.15, -0.1) is 0 Å². The number of amides is 4. The number of benzene rings is 4. The van der Waals surface area contributed by atoms with Gasteiger partial charge in [-0.3, -0.25) is 9.59 Å². The fraction of sp³-hybridized carbons (Fsp3) is 0.417. The average molecular weight is 791 g/mol. The number of hydrogen-bond acceptors (Lipinski definition) is 6. The molecule has 2 N–H and O–H groups in total. The predicted octanol–water partition coefficient (Wildman–Crippen LogP) is 9.58. The van der Waals surface area contributed by atoms with Gasteiger partial charge in [-0.05, 0) is 60.8 Å². The number of nitrogens with zero attached hydrogens (tertiary/aromatic N) is 2. The predicted molar refractivity (Wildman–Crippen MR) is 228 cm³/mol. The van der Waals surface area contributed by atoms with E-state index in [0.717, 1.165) is 86.5 Å². The van der Waals surface area contributed by atoms with E-state index in [4.69, 9.17) is 9.47 Å². The summed E-state index contributed by atoms with van der Waals surface area (Å²) in [5.74, 6) is 0.301. The van der Waals surface area contributed by atoms with Gasteiger partial charge < -0.3 is 29.9 Å². The summed E-state index contributed by atoms with van der Waals surface area (Å²) in [6.45, 7) is 4.05. The Morgan fingerprint density at radius 2 is 0.724 bits per heavy atom. The quantitative estimate of drug-likeness (QED) is 0.0582. The van der Waals surface area contributed by atoms with E-state index < -0.39 is 12.2 Å². The first-order valence-corrected chi connectivity index (χ1v) is 21.0. The lowest BCUT2D eigenvalue weighted by Crippen LogP contribution is -2.32. The molecule has 0 radical (unpaired) electrons. The van der Waals surface area contributed by atoms with E-state index in [0.29, 0.717) is 52.1 Å². The van der Waals surface area contributed by atoms with Crippen LogP contribution in [0.3, 0.4) is 0 Å². The molecule has 310 valence electrons. The molecular weight excluding hydrogens is 729 g/mol. The first kappa shape index (κ1) is 45.1. The minimum Gasteiger partial charge on any atom is -0.445 e. The second-order valence-electron chi connectivity index (χ2n) is 14.6. The first-order chi connectivity index (χ1) is 28.5. The van der Waals surface area contributed by atoms with Crippen molar-refractivity contribution in [2.45, 2.75) is 103 Å². The standard InChI is InChI=1S/C48H62N4O6/c53-45(31-17-7-19-33-49-47(55)57-39-43-27-13-5-14-28-43)51(37-41-23-9-3-10-24-41)35-21-1-2-22-36-52(38-42-25-11-4-12-26-42)46(54)32-18-8-20-34-50-48(56)58-40-44-29-15-6-16-30-44/h3-6,9-16,23-30H,1-2,7-8,17-22,31-40H2,(H,49,55)(H,50,56). The monoisotopic (exact) mass is 790 g/mol. The maximum atomic E-state index is 13.4. The number of nitrogens with one attached hydrogen (secondary N) is 2. The number of ether oxygens (including phenoxy) is 2. The van der Waals surface area contributed by atoms with Crippen LogP contribution in [-0.4, -0.2) is 60.0 Å². The van der Waals surface area contributed by atoms with Crippen molar-refractivity contribution in [2.75, 3.05) is 26.2 Å². The molecule has 0 aliphatic heterocycles. The van der Waals surface area contributed by atoms with E-state index in [1.807, 2.05) is 107 Å². The van der Waals surface area contributed by atoms with Gasteiger partial charge in [-0.2, -0.15) is 0 Å². The molecule has 4 aromatic rings. The van der Waals surface area contributed by atoms with E-state index in [1.165, 1.54) is 0 Å². The van der Waals surface area contributed by atoms with Crippen molar-refractivity contribution in [1.82, 2.24) is 20.4 Å². The lowest BCUT2D eigenvalue weighted by atomic mass is 10.1. The topological polar surface area (TPSA) is 117 Å². The maximum Gasteiger partial charge on any atom is 0.407 e. The van der Waals surface area contributed by atoms with Crippen molar-refractivity contribution in [3.63, 3.8) is 0 Å². The number of alkyl carbamates (subject to hydrolysis) is 2. The number of carbonyl (C=O) groups is 4. The third-order valence-electron chi connectivity index (χ3n) is 9.84. The molecule has 4 aromatic carbocycles. The zero-order chi connectivity index (χ0) is 40.9. The third kappa shape index (κ3) is 19.5. The van der Waals surface area contributed by atoms with Gasteiger partial charge in [0.05, 0.1) is 0 Å². The zero-order valence-corrected chi connectivity index (χ0v) is 34.0. The summed E-state index contributed by atoms with van der Waals surface area (Å²) < 4.78 is 10.5. The Labute approximate surface area is 345 Å². The molecule has 0 aliphatic rings. The minimum absolute atomic E-state index is 0.150. The Bertz CT molecular complexity index is 1600. The van der Waals surface area contributed by atoms with Gasteiger partial charge in [0.1, 0.15) is 13.2 Å².